The molecule has 0 N–H and O–H groups in total. The van der Waals surface area contributed by atoms with E-state index in [0.29, 0.717) is 36.7 Å². The Morgan fingerprint density at radius 3 is 2.73 bits per heavy atom. The summed E-state index contributed by atoms with van der Waals surface area (Å²) in [5.41, 5.74) is 0.368. The zero-order valence-electron chi connectivity index (χ0n) is 15.3. The van der Waals surface area contributed by atoms with Crippen LogP contribution >= 0.6 is 0 Å². The largest absolute Gasteiger partial charge is 0.444 e. The third-order valence-corrected chi connectivity index (χ3v) is 4.10. The summed E-state index contributed by atoms with van der Waals surface area (Å²) < 4.78 is 11.2. The number of nitrogens with zero attached hydrogens (tertiary/aromatic N) is 4. The molecule has 9 nitrogen and oxygen atoms in total. The first-order chi connectivity index (χ1) is 12.1. The highest BCUT2D eigenvalue weighted by atomic mass is 16.6. The van der Waals surface area contributed by atoms with Crippen LogP contribution in [-0.2, 0) is 4.74 Å². The second-order valence-electron chi connectivity index (χ2n) is 7.37. The maximum atomic E-state index is 12.3. The molecule has 1 aromatic carbocycles. The van der Waals surface area contributed by atoms with Crippen molar-refractivity contribution < 1.29 is 18.9 Å². The number of ether oxygens (including phenoxy) is 1. The number of oxazole rings is 1. The number of amides is 1. The van der Waals surface area contributed by atoms with E-state index in [9.17, 15) is 14.9 Å². The summed E-state index contributed by atoms with van der Waals surface area (Å²) >= 11 is 0. The molecule has 0 radical (unpaired) electrons. The predicted molar refractivity (Wildman–Crippen MR) is 95.3 cm³/mol. The van der Waals surface area contributed by atoms with E-state index in [2.05, 4.69) is 4.98 Å². The van der Waals surface area contributed by atoms with Crippen molar-refractivity contribution in [1.82, 2.24) is 9.88 Å². The highest BCUT2D eigenvalue weighted by Gasteiger charge is 2.32. The zero-order valence-corrected chi connectivity index (χ0v) is 15.3. The summed E-state index contributed by atoms with van der Waals surface area (Å²) in [6, 6.07) is 4.65. The number of aromatic nitrogens is 1. The van der Waals surface area contributed by atoms with Gasteiger partial charge in [0.1, 0.15) is 11.1 Å². The second-order valence-corrected chi connectivity index (χ2v) is 7.37. The number of anilines is 1. The molecular formula is C17H22N4O5. The molecule has 1 amide bonds. The van der Waals surface area contributed by atoms with Crippen molar-refractivity contribution in [3.63, 3.8) is 0 Å². The average molecular weight is 362 g/mol. The fraction of sp³-hybridized carbons (Fsp3) is 0.529. The number of hydrogen-bond acceptors (Lipinski definition) is 7. The number of benzene rings is 1. The van der Waals surface area contributed by atoms with Crippen LogP contribution in [0.4, 0.5) is 16.5 Å². The smallest absolute Gasteiger partial charge is 0.410 e. The number of nitro groups is 1. The number of carbonyl (C=O) groups excluding carboxylic acids is 1. The van der Waals surface area contributed by atoms with Gasteiger partial charge in [-0.05, 0) is 33.8 Å². The van der Waals surface area contributed by atoms with E-state index < -0.39 is 10.5 Å². The van der Waals surface area contributed by atoms with Crippen molar-refractivity contribution in [3.8, 4) is 0 Å². The zero-order chi connectivity index (χ0) is 19.1. The molecule has 2 aromatic rings. The van der Waals surface area contributed by atoms with Gasteiger partial charge in [0.15, 0.2) is 5.58 Å². The minimum atomic E-state index is -0.539. The average Bonchev–Trinajstić information content (AvgIpc) is 2.95. The third kappa shape index (κ3) is 3.71. The SMILES string of the molecule is C[C@H]1CN(c2nc3cc([N+](=O)[O-])ccc3o2)CCN1C(=O)OC(C)(C)C. The molecule has 26 heavy (non-hydrogen) atoms. The van der Waals surface area contributed by atoms with Crippen molar-refractivity contribution in [2.75, 3.05) is 24.5 Å². The Morgan fingerprint density at radius 1 is 1.38 bits per heavy atom. The van der Waals surface area contributed by atoms with Crippen LogP contribution < -0.4 is 4.90 Å². The minimum Gasteiger partial charge on any atom is -0.444 e. The van der Waals surface area contributed by atoms with Gasteiger partial charge in [0, 0.05) is 37.8 Å². The van der Waals surface area contributed by atoms with Gasteiger partial charge in [0.2, 0.25) is 0 Å². The monoisotopic (exact) mass is 362 g/mol. The molecule has 0 unspecified atom stereocenters. The molecule has 140 valence electrons. The lowest BCUT2D eigenvalue weighted by molar-refractivity contribution is -0.384. The van der Waals surface area contributed by atoms with Gasteiger partial charge in [-0.3, -0.25) is 10.1 Å². The third-order valence-electron chi connectivity index (χ3n) is 4.10. The summed E-state index contributed by atoms with van der Waals surface area (Å²) in [5, 5.41) is 10.9. The Balaban J connectivity index is 1.73. The summed E-state index contributed by atoms with van der Waals surface area (Å²) in [5.74, 6) is 0. The summed E-state index contributed by atoms with van der Waals surface area (Å²) in [4.78, 5) is 30.7. The van der Waals surface area contributed by atoms with Gasteiger partial charge in [-0.1, -0.05) is 0 Å². The maximum absolute atomic E-state index is 12.3. The van der Waals surface area contributed by atoms with Crippen LogP contribution in [0.15, 0.2) is 22.6 Å². The Labute approximate surface area is 150 Å². The van der Waals surface area contributed by atoms with E-state index in [0.717, 1.165) is 0 Å². The molecule has 1 aromatic heterocycles. The van der Waals surface area contributed by atoms with Crippen molar-refractivity contribution in [2.24, 2.45) is 0 Å². The fourth-order valence-electron chi connectivity index (χ4n) is 2.88. The van der Waals surface area contributed by atoms with Crippen molar-refractivity contribution in [3.05, 3.63) is 28.3 Å². The molecule has 2 heterocycles. The number of non-ortho nitro benzene ring substituents is 1. The lowest BCUT2D eigenvalue weighted by Gasteiger charge is -2.39. The van der Waals surface area contributed by atoms with Gasteiger partial charge in [-0.2, -0.15) is 4.98 Å². The highest BCUT2D eigenvalue weighted by molar-refractivity contribution is 5.77. The molecule has 3 rings (SSSR count). The summed E-state index contributed by atoms with van der Waals surface area (Å²) in [6.07, 6.45) is -0.335. The standard InChI is InChI=1S/C17H22N4O5/c1-11-10-19(7-8-20(11)16(22)26-17(2,3)4)15-18-13-9-12(21(23)24)5-6-14(13)25-15/h5-6,9,11H,7-8,10H2,1-4H3/t11-/m0/s1. The van der Waals surface area contributed by atoms with E-state index in [1.165, 1.54) is 12.1 Å². The first kappa shape index (κ1) is 18.0. The first-order valence-corrected chi connectivity index (χ1v) is 8.43. The Bertz CT molecular complexity index is 841. The van der Waals surface area contributed by atoms with E-state index in [1.54, 1.807) is 11.0 Å². The van der Waals surface area contributed by atoms with Crippen LogP contribution in [-0.4, -0.2) is 52.2 Å². The van der Waals surface area contributed by atoms with Crippen LogP contribution in [0.5, 0.6) is 0 Å². The lowest BCUT2D eigenvalue weighted by atomic mass is 10.2. The number of nitro benzene ring substituents is 1. The van der Waals surface area contributed by atoms with E-state index >= 15 is 0 Å². The fourth-order valence-corrected chi connectivity index (χ4v) is 2.88. The lowest BCUT2D eigenvalue weighted by Crippen LogP contribution is -2.55. The normalized spacial score (nSPS) is 18.2. The van der Waals surface area contributed by atoms with Crippen LogP contribution in [0.3, 0.4) is 0 Å². The molecule has 9 heteroatoms. The Hall–Kier alpha value is -2.84. The van der Waals surface area contributed by atoms with Gasteiger partial charge in [-0.25, -0.2) is 4.79 Å². The quantitative estimate of drug-likeness (QED) is 0.597. The van der Waals surface area contributed by atoms with Crippen LogP contribution in [0, 0.1) is 10.1 Å². The number of fused-ring (bicyclic) bond motifs is 1. The van der Waals surface area contributed by atoms with Gasteiger partial charge in [-0.15, -0.1) is 0 Å². The molecule has 0 aliphatic carbocycles. The molecule has 1 fully saturated rings. The highest BCUT2D eigenvalue weighted by Crippen LogP contribution is 2.27. The summed E-state index contributed by atoms with van der Waals surface area (Å²) in [7, 11) is 0. The maximum Gasteiger partial charge on any atom is 0.410 e. The van der Waals surface area contributed by atoms with Crippen LogP contribution in [0.2, 0.25) is 0 Å². The van der Waals surface area contributed by atoms with Gasteiger partial charge in [0.25, 0.3) is 11.7 Å². The minimum absolute atomic E-state index is 0.0273. The van der Waals surface area contributed by atoms with Crippen LogP contribution in [0.25, 0.3) is 11.1 Å². The van der Waals surface area contributed by atoms with E-state index in [4.69, 9.17) is 9.15 Å². The van der Waals surface area contributed by atoms with Crippen LogP contribution in [0.1, 0.15) is 27.7 Å². The summed E-state index contributed by atoms with van der Waals surface area (Å²) in [6.45, 7) is 9.00. The first-order valence-electron chi connectivity index (χ1n) is 8.43. The number of carbonyl (C=O) groups is 1. The van der Waals surface area contributed by atoms with Crippen molar-refractivity contribution in [1.29, 1.82) is 0 Å². The number of hydrogen-bond donors (Lipinski definition) is 0. The predicted octanol–water partition coefficient (Wildman–Crippen LogP) is 3.18. The molecule has 1 atom stereocenters. The van der Waals surface area contributed by atoms with E-state index in [1.807, 2.05) is 32.6 Å². The number of rotatable bonds is 2. The molecule has 0 spiro atoms. The number of piperazine rings is 1. The Kier molecular flexibility index (Phi) is 4.47. The molecule has 1 aliphatic rings. The van der Waals surface area contributed by atoms with Crippen molar-refractivity contribution in [2.45, 2.75) is 39.3 Å². The molecular weight excluding hydrogens is 340 g/mol. The molecule has 1 aliphatic heterocycles. The molecule has 0 bridgehead atoms. The molecule has 0 saturated carbocycles. The van der Waals surface area contributed by atoms with Crippen molar-refractivity contribution >= 4 is 28.9 Å². The van der Waals surface area contributed by atoms with Gasteiger partial charge in [0.05, 0.1) is 4.92 Å². The molecule has 1 saturated heterocycles. The Morgan fingerprint density at radius 2 is 2.12 bits per heavy atom. The van der Waals surface area contributed by atoms with Gasteiger partial charge < -0.3 is 19.0 Å². The topological polar surface area (TPSA) is 102 Å². The van der Waals surface area contributed by atoms with Gasteiger partial charge >= 0.3 is 6.09 Å². The van der Waals surface area contributed by atoms with E-state index in [-0.39, 0.29) is 17.8 Å². The second kappa shape index (κ2) is 6.47.